The number of hydrogen-bond donors (Lipinski definition) is 1. The second kappa shape index (κ2) is 11.0. The molecule has 2 aliphatic rings. The van der Waals surface area contributed by atoms with Crippen LogP contribution in [0.1, 0.15) is 31.7 Å². The molecule has 1 N–H and O–H groups in total. The summed E-state index contributed by atoms with van der Waals surface area (Å²) in [7, 11) is 4.59. The summed E-state index contributed by atoms with van der Waals surface area (Å²) in [6.45, 7) is 5.80. The molecule has 2 aliphatic heterocycles. The van der Waals surface area contributed by atoms with Crippen molar-refractivity contribution >= 4 is 23.2 Å². The number of methoxy groups -OCH3 is 3. The van der Waals surface area contributed by atoms with Crippen molar-refractivity contribution in [2.75, 3.05) is 51.2 Å². The van der Waals surface area contributed by atoms with Gasteiger partial charge in [0.15, 0.2) is 11.5 Å². The van der Waals surface area contributed by atoms with E-state index in [0.29, 0.717) is 22.9 Å². The third-order valence-electron chi connectivity index (χ3n) is 6.83. The maximum atomic E-state index is 13.0. The van der Waals surface area contributed by atoms with Crippen LogP contribution < -0.4 is 24.4 Å². The van der Waals surface area contributed by atoms with Gasteiger partial charge in [-0.25, -0.2) is 0 Å². The topological polar surface area (TPSA) is 80.3 Å². The van der Waals surface area contributed by atoms with Crippen molar-refractivity contribution in [1.29, 1.82) is 0 Å². The molecule has 0 saturated carbocycles. The lowest BCUT2D eigenvalue weighted by molar-refractivity contribution is -0.122. The molecule has 2 amide bonds. The number of ether oxygens (including phenoxy) is 3. The van der Waals surface area contributed by atoms with Crippen molar-refractivity contribution in [3.63, 3.8) is 0 Å². The lowest BCUT2D eigenvalue weighted by Crippen LogP contribution is -2.33. The highest BCUT2D eigenvalue weighted by Gasteiger charge is 2.36. The normalized spacial score (nSPS) is 20.6. The first-order valence-electron chi connectivity index (χ1n) is 12.1. The predicted molar refractivity (Wildman–Crippen MR) is 135 cm³/mol. The van der Waals surface area contributed by atoms with E-state index >= 15 is 0 Å². The minimum Gasteiger partial charge on any atom is -0.493 e. The summed E-state index contributed by atoms with van der Waals surface area (Å²) < 4.78 is 16.2. The Morgan fingerprint density at radius 3 is 2.31 bits per heavy atom. The number of piperidine rings is 1. The van der Waals surface area contributed by atoms with Gasteiger partial charge >= 0.3 is 0 Å². The summed E-state index contributed by atoms with van der Waals surface area (Å²) in [5.74, 6) is 1.39. The fraction of sp³-hybridized carbons (Fsp3) is 0.481. The second-order valence-corrected chi connectivity index (χ2v) is 9.46. The molecule has 8 nitrogen and oxygen atoms in total. The molecule has 0 aliphatic carbocycles. The van der Waals surface area contributed by atoms with Gasteiger partial charge in [0.05, 0.1) is 32.9 Å². The van der Waals surface area contributed by atoms with E-state index in [4.69, 9.17) is 14.2 Å². The van der Waals surface area contributed by atoms with Crippen molar-refractivity contribution < 1.29 is 23.8 Å². The molecule has 0 radical (unpaired) electrons. The number of anilines is 2. The predicted octanol–water partition coefficient (Wildman–Crippen LogP) is 3.94. The van der Waals surface area contributed by atoms with Crippen LogP contribution in [0.4, 0.5) is 11.4 Å². The van der Waals surface area contributed by atoms with Gasteiger partial charge in [0.1, 0.15) is 0 Å². The largest absolute Gasteiger partial charge is 0.493 e. The van der Waals surface area contributed by atoms with Crippen molar-refractivity contribution in [3.8, 4) is 17.2 Å². The zero-order chi connectivity index (χ0) is 24.9. The SMILES string of the molecule is COc1cc(N2CC(C(=O)Nc3ccc(CN4CCCC(C)C4)cc3)CC2=O)cc(OC)c1OC. The highest BCUT2D eigenvalue weighted by atomic mass is 16.5. The zero-order valence-electron chi connectivity index (χ0n) is 21.0. The van der Waals surface area contributed by atoms with Crippen molar-refractivity contribution in [2.24, 2.45) is 11.8 Å². The molecular formula is C27H35N3O5. The first kappa shape index (κ1) is 24.9. The van der Waals surface area contributed by atoms with E-state index < -0.39 is 5.92 Å². The first-order valence-corrected chi connectivity index (χ1v) is 12.1. The van der Waals surface area contributed by atoms with Gasteiger partial charge in [-0.1, -0.05) is 19.1 Å². The molecule has 4 rings (SSSR count). The van der Waals surface area contributed by atoms with E-state index in [9.17, 15) is 9.59 Å². The molecule has 35 heavy (non-hydrogen) atoms. The van der Waals surface area contributed by atoms with Crippen molar-refractivity contribution in [2.45, 2.75) is 32.7 Å². The first-order chi connectivity index (χ1) is 16.9. The summed E-state index contributed by atoms with van der Waals surface area (Å²) in [6.07, 6.45) is 2.71. The van der Waals surface area contributed by atoms with Crippen LogP contribution in [0.5, 0.6) is 17.2 Å². The summed E-state index contributed by atoms with van der Waals surface area (Å²) in [4.78, 5) is 29.8. The average molecular weight is 482 g/mol. The maximum absolute atomic E-state index is 13.0. The van der Waals surface area contributed by atoms with Crippen LogP contribution >= 0.6 is 0 Å². The minimum absolute atomic E-state index is 0.120. The summed E-state index contributed by atoms with van der Waals surface area (Å²) in [5.41, 5.74) is 2.59. The van der Waals surface area contributed by atoms with Gasteiger partial charge in [0, 0.05) is 43.9 Å². The third kappa shape index (κ3) is 5.70. The highest BCUT2D eigenvalue weighted by Crippen LogP contribution is 2.42. The van der Waals surface area contributed by atoms with E-state index in [1.165, 1.54) is 39.7 Å². The quantitative estimate of drug-likeness (QED) is 0.615. The van der Waals surface area contributed by atoms with E-state index in [1.807, 2.05) is 12.1 Å². The number of hydrogen-bond acceptors (Lipinski definition) is 6. The lowest BCUT2D eigenvalue weighted by atomic mass is 10.00. The van der Waals surface area contributed by atoms with Gasteiger partial charge in [-0.3, -0.25) is 14.5 Å². The Kier molecular flexibility index (Phi) is 7.80. The lowest BCUT2D eigenvalue weighted by Gasteiger charge is -2.30. The Morgan fingerprint density at radius 1 is 1.03 bits per heavy atom. The van der Waals surface area contributed by atoms with E-state index in [-0.39, 0.29) is 24.8 Å². The van der Waals surface area contributed by atoms with E-state index in [2.05, 4.69) is 29.3 Å². The fourth-order valence-corrected chi connectivity index (χ4v) is 4.98. The second-order valence-electron chi connectivity index (χ2n) is 9.46. The number of amides is 2. The van der Waals surface area contributed by atoms with Crippen LogP contribution in [0.3, 0.4) is 0 Å². The maximum Gasteiger partial charge on any atom is 0.229 e. The van der Waals surface area contributed by atoms with Gasteiger partial charge in [-0.05, 0) is 43.0 Å². The molecule has 0 bridgehead atoms. The van der Waals surface area contributed by atoms with Crippen molar-refractivity contribution in [3.05, 3.63) is 42.0 Å². The number of rotatable bonds is 8. The van der Waals surface area contributed by atoms with Gasteiger partial charge in [-0.15, -0.1) is 0 Å². The van der Waals surface area contributed by atoms with Crippen LogP contribution in [0.15, 0.2) is 36.4 Å². The third-order valence-corrected chi connectivity index (χ3v) is 6.83. The monoisotopic (exact) mass is 481 g/mol. The Hall–Kier alpha value is -3.26. The van der Waals surface area contributed by atoms with Crippen molar-refractivity contribution in [1.82, 2.24) is 4.90 Å². The number of carbonyl (C=O) groups is 2. The molecule has 0 spiro atoms. The van der Waals surface area contributed by atoms with E-state index in [1.54, 1.807) is 17.0 Å². The summed E-state index contributed by atoms with van der Waals surface area (Å²) >= 11 is 0. The number of nitrogens with one attached hydrogen (secondary N) is 1. The van der Waals surface area contributed by atoms with Gasteiger partial charge in [-0.2, -0.15) is 0 Å². The molecule has 2 aromatic carbocycles. The van der Waals surface area contributed by atoms with Gasteiger partial charge in [0.25, 0.3) is 0 Å². The molecule has 188 valence electrons. The molecule has 2 fully saturated rings. The molecular weight excluding hydrogens is 446 g/mol. The average Bonchev–Trinajstić information content (AvgIpc) is 3.26. The van der Waals surface area contributed by atoms with E-state index in [0.717, 1.165) is 31.2 Å². The van der Waals surface area contributed by atoms with Crippen LogP contribution in [0.25, 0.3) is 0 Å². The van der Waals surface area contributed by atoms with Gasteiger partial charge < -0.3 is 24.4 Å². The fourth-order valence-electron chi connectivity index (χ4n) is 4.98. The molecule has 2 atom stereocenters. The summed E-state index contributed by atoms with van der Waals surface area (Å²) in [6, 6.07) is 11.5. The zero-order valence-corrected chi connectivity index (χ0v) is 21.0. The number of carbonyl (C=O) groups excluding carboxylic acids is 2. The molecule has 2 heterocycles. The molecule has 2 unspecified atom stereocenters. The van der Waals surface area contributed by atoms with Crippen LogP contribution in [0, 0.1) is 11.8 Å². The van der Waals surface area contributed by atoms with Crippen LogP contribution in [-0.2, 0) is 16.1 Å². The standard InChI is InChI=1S/C27H35N3O5/c1-18-6-5-11-29(15-18)16-19-7-9-21(10-8-19)28-27(32)20-12-25(31)30(17-20)22-13-23(33-2)26(35-4)24(14-22)34-3/h7-10,13-14,18,20H,5-6,11-12,15-17H2,1-4H3,(H,28,32). The Labute approximate surface area is 207 Å². The highest BCUT2D eigenvalue weighted by molar-refractivity contribution is 6.03. The smallest absolute Gasteiger partial charge is 0.229 e. The summed E-state index contributed by atoms with van der Waals surface area (Å²) in [5, 5.41) is 2.98. The number of nitrogens with zero attached hydrogens (tertiary/aromatic N) is 2. The molecule has 2 saturated heterocycles. The van der Waals surface area contributed by atoms with Crippen LogP contribution in [-0.4, -0.2) is 57.7 Å². The Morgan fingerprint density at radius 2 is 1.71 bits per heavy atom. The number of benzene rings is 2. The minimum atomic E-state index is -0.448. The Bertz CT molecular complexity index is 1030. The Balaban J connectivity index is 1.38. The molecule has 2 aromatic rings. The molecule has 0 aromatic heterocycles. The van der Waals surface area contributed by atoms with Crippen LogP contribution in [0.2, 0.25) is 0 Å². The number of likely N-dealkylation sites (tertiary alicyclic amines) is 1. The molecule has 8 heteroatoms. The van der Waals surface area contributed by atoms with Gasteiger partial charge in [0.2, 0.25) is 17.6 Å².